The van der Waals surface area contributed by atoms with E-state index in [1.54, 1.807) is 42.5 Å². The van der Waals surface area contributed by atoms with Gasteiger partial charge in [0.05, 0.1) is 26.0 Å². The van der Waals surface area contributed by atoms with E-state index >= 15 is 0 Å². The number of aromatic nitrogens is 2. The Morgan fingerprint density at radius 1 is 0.871 bits per heavy atom. The van der Waals surface area contributed by atoms with Crippen molar-refractivity contribution in [2.45, 2.75) is 24.4 Å². The van der Waals surface area contributed by atoms with Crippen molar-refractivity contribution >= 4 is 44.3 Å². The van der Waals surface area contributed by atoms with E-state index in [0.717, 1.165) is 13.1 Å². The van der Waals surface area contributed by atoms with Crippen molar-refractivity contribution in [1.82, 2.24) is 13.9 Å². The summed E-state index contributed by atoms with van der Waals surface area (Å²) in [4.78, 5) is 7.13. The lowest BCUT2D eigenvalue weighted by Gasteiger charge is -2.15. The van der Waals surface area contributed by atoms with Gasteiger partial charge in [0, 0.05) is 26.1 Å². The molecule has 0 unspecified atom stereocenters. The molecule has 0 fully saturated rings. The van der Waals surface area contributed by atoms with E-state index in [-0.39, 0.29) is 4.90 Å². The molecule has 31 heavy (non-hydrogen) atoms. The first kappa shape index (κ1) is 20.5. The Balaban J connectivity index is 1.54. The van der Waals surface area contributed by atoms with Crippen LogP contribution in [-0.2, 0) is 29.5 Å². The number of benzene rings is 3. The van der Waals surface area contributed by atoms with Gasteiger partial charge in [-0.3, -0.25) is 4.90 Å². The molecule has 0 saturated heterocycles. The van der Waals surface area contributed by atoms with E-state index in [0.29, 0.717) is 39.9 Å². The fourth-order valence-corrected chi connectivity index (χ4v) is 5.89. The molecule has 4 aromatic rings. The zero-order chi connectivity index (χ0) is 21.6. The topological polar surface area (TPSA) is 55.2 Å². The van der Waals surface area contributed by atoms with Gasteiger partial charge in [0.25, 0.3) is 10.0 Å². The summed E-state index contributed by atoms with van der Waals surface area (Å²) in [5.41, 5.74) is 3.56. The number of hydrogen-bond donors (Lipinski definition) is 0. The van der Waals surface area contributed by atoms with Gasteiger partial charge in [-0.05, 0) is 35.4 Å². The normalized spacial score (nSPS) is 14.3. The standard InChI is InChI=1S/C23H19Cl2N3O2S/c24-19-12-21-22(13-20(19)25)28(31(29,30)18-8-2-1-3-9-18)23(26-21)10-11-27-14-16-6-4-5-7-17(16)15-27/h1-9,12-13H,10-11,14-15H2. The smallest absolute Gasteiger partial charge is 0.269 e. The largest absolute Gasteiger partial charge is 0.294 e. The van der Waals surface area contributed by atoms with Crippen LogP contribution in [-0.4, -0.2) is 28.8 Å². The molecular weight excluding hydrogens is 453 g/mol. The monoisotopic (exact) mass is 471 g/mol. The zero-order valence-electron chi connectivity index (χ0n) is 16.5. The van der Waals surface area contributed by atoms with E-state index < -0.39 is 10.0 Å². The van der Waals surface area contributed by atoms with Crippen molar-refractivity contribution < 1.29 is 8.42 Å². The lowest BCUT2D eigenvalue weighted by molar-refractivity contribution is 0.286. The molecule has 8 heteroatoms. The molecule has 5 nitrogen and oxygen atoms in total. The average molecular weight is 472 g/mol. The molecule has 1 aliphatic heterocycles. The zero-order valence-corrected chi connectivity index (χ0v) is 18.8. The molecule has 0 radical (unpaired) electrons. The molecule has 0 bridgehead atoms. The summed E-state index contributed by atoms with van der Waals surface area (Å²) in [7, 11) is -3.85. The van der Waals surface area contributed by atoms with Crippen LogP contribution in [0.2, 0.25) is 10.0 Å². The third-order valence-electron chi connectivity index (χ3n) is 5.56. The Morgan fingerprint density at radius 3 is 2.16 bits per heavy atom. The van der Waals surface area contributed by atoms with E-state index in [9.17, 15) is 8.42 Å². The van der Waals surface area contributed by atoms with Gasteiger partial charge in [-0.25, -0.2) is 17.4 Å². The predicted molar refractivity (Wildman–Crippen MR) is 123 cm³/mol. The lowest BCUT2D eigenvalue weighted by atomic mass is 10.1. The first-order valence-corrected chi connectivity index (χ1v) is 12.1. The molecule has 158 valence electrons. The molecule has 0 atom stereocenters. The molecule has 2 heterocycles. The molecule has 0 spiro atoms. The third-order valence-corrected chi connectivity index (χ3v) is 8.04. The number of fused-ring (bicyclic) bond motifs is 2. The van der Waals surface area contributed by atoms with Crippen LogP contribution in [0.4, 0.5) is 0 Å². The Hall–Kier alpha value is -2.38. The number of imidazole rings is 1. The maximum absolute atomic E-state index is 13.5. The van der Waals surface area contributed by atoms with Crippen molar-refractivity contribution in [2.75, 3.05) is 6.54 Å². The van der Waals surface area contributed by atoms with Gasteiger partial charge in [-0.15, -0.1) is 0 Å². The molecule has 0 N–H and O–H groups in total. The minimum atomic E-state index is -3.85. The average Bonchev–Trinajstić information content (AvgIpc) is 3.34. The van der Waals surface area contributed by atoms with Crippen molar-refractivity contribution in [1.29, 1.82) is 0 Å². The van der Waals surface area contributed by atoms with Gasteiger partial charge in [0.15, 0.2) is 0 Å². The lowest BCUT2D eigenvalue weighted by Crippen LogP contribution is -2.23. The van der Waals surface area contributed by atoms with E-state index in [2.05, 4.69) is 22.0 Å². The van der Waals surface area contributed by atoms with Crippen LogP contribution in [0.3, 0.4) is 0 Å². The summed E-state index contributed by atoms with van der Waals surface area (Å²) in [6.45, 7) is 2.38. The minimum Gasteiger partial charge on any atom is -0.294 e. The second-order valence-electron chi connectivity index (χ2n) is 7.59. The second kappa shape index (κ2) is 7.95. The Bertz CT molecular complexity index is 1360. The maximum Gasteiger partial charge on any atom is 0.269 e. The molecule has 5 rings (SSSR count). The summed E-state index contributed by atoms with van der Waals surface area (Å²) in [6.07, 6.45) is 0.476. The Kier molecular flexibility index (Phi) is 5.26. The number of halogens is 2. The quantitative estimate of drug-likeness (QED) is 0.404. The van der Waals surface area contributed by atoms with Crippen LogP contribution in [0, 0.1) is 0 Å². The minimum absolute atomic E-state index is 0.204. The van der Waals surface area contributed by atoms with Crippen LogP contribution in [0.1, 0.15) is 17.0 Å². The molecule has 3 aromatic carbocycles. The Morgan fingerprint density at radius 2 is 1.48 bits per heavy atom. The van der Waals surface area contributed by atoms with E-state index in [4.69, 9.17) is 23.2 Å². The summed E-state index contributed by atoms with van der Waals surface area (Å²) >= 11 is 12.4. The highest BCUT2D eigenvalue weighted by Gasteiger charge is 2.26. The van der Waals surface area contributed by atoms with E-state index in [1.165, 1.54) is 15.1 Å². The fraction of sp³-hybridized carbons (Fsp3) is 0.174. The molecule has 1 aromatic heterocycles. The van der Waals surface area contributed by atoms with E-state index in [1.807, 2.05) is 12.1 Å². The maximum atomic E-state index is 13.5. The summed E-state index contributed by atoms with van der Waals surface area (Å²) in [5, 5.41) is 0.637. The van der Waals surface area contributed by atoms with Crippen molar-refractivity contribution in [3.63, 3.8) is 0 Å². The highest BCUT2D eigenvalue weighted by molar-refractivity contribution is 7.90. The first-order valence-electron chi connectivity index (χ1n) is 9.89. The molecule has 1 aliphatic rings. The van der Waals surface area contributed by atoms with Gasteiger partial charge >= 0.3 is 0 Å². The Labute approximate surface area is 190 Å². The van der Waals surface area contributed by atoms with Crippen molar-refractivity contribution in [2.24, 2.45) is 0 Å². The van der Waals surface area contributed by atoms with Crippen LogP contribution >= 0.6 is 23.2 Å². The summed E-state index contributed by atoms with van der Waals surface area (Å²) in [5.74, 6) is 0.466. The molecule has 0 saturated carbocycles. The van der Waals surface area contributed by atoms with Crippen molar-refractivity contribution in [3.8, 4) is 0 Å². The van der Waals surface area contributed by atoms with Crippen molar-refractivity contribution in [3.05, 3.63) is 93.7 Å². The fourth-order valence-electron chi connectivity index (χ4n) is 4.04. The highest BCUT2D eigenvalue weighted by Crippen LogP contribution is 2.31. The summed E-state index contributed by atoms with van der Waals surface area (Å²) < 4.78 is 28.4. The van der Waals surface area contributed by atoms with Crippen LogP contribution < -0.4 is 0 Å². The molecule has 0 aliphatic carbocycles. The number of hydrogen-bond acceptors (Lipinski definition) is 4. The van der Waals surface area contributed by atoms with Gasteiger partial charge in [-0.1, -0.05) is 65.7 Å². The van der Waals surface area contributed by atoms with Crippen LogP contribution in [0.5, 0.6) is 0 Å². The van der Waals surface area contributed by atoms with Gasteiger partial charge in [0.1, 0.15) is 5.82 Å². The first-order chi connectivity index (χ1) is 14.9. The number of rotatable bonds is 5. The van der Waals surface area contributed by atoms with Gasteiger partial charge < -0.3 is 0 Å². The molecule has 0 amide bonds. The highest BCUT2D eigenvalue weighted by atomic mass is 35.5. The molecular formula is C23H19Cl2N3O2S. The summed E-state index contributed by atoms with van der Waals surface area (Å²) in [6, 6.07) is 19.9. The number of nitrogens with zero attached hydrogens (tertiary/aromatic N) is 3. The van der Waals surface area contributed by atoms with Crippen LogP contribution in [0.15, 0.2) is 71.6 Å². The van der Waals surface area contributed by atoms with Gasteiger partial charge in [-0.2, -0.15) is 0 Å². The SMILES string of the molecule is O=S(=O)(c1ccccc1)n1c(CCN2Cc3ccccc3C2)nc2cc(Cl)c(Cl)cc21. The van der Waals surface area contributed by atoms with Crippen LogP contribution in [0.25, 0.3) is 11.0 Å². The predicted octanol–water partition coefficient (Wildman–Crippen LogP) is 5.14. The second-order valence-corrected chi connectivity index (χ2v) is 10.2. The third kappa shape index (κ3) is 3.74. The van der Waals surface area contributed by atoms with Gasteiger partial charge in [0.2, 0.25) is 0 Å².